The van der Waals surface area contributed by atoms with Gasteiger partial charge in [0.2, 0.25) is 0 Å². The molecule has 22 heavy (non-hydrogen) atoms. The molecule has 0 bridgehead atoms. The summed E-state index contributed by atoms with van der Waals surface area (Å²) in [5.74, 6) is -0.619. The Hall–Kier alpha value is -2.54. The van der Waals surface area contributed by atoms with Crippen LogP contribution in [-0.4, -0.2) is 13.4 Å². The highest BCUT2D eigenvalue weighted by Gasteiger charge is 2.16. The van der Waals surface area contributed by atoms with Crippen LogP contribution in [0, 0.1) is 13.8 Å². The molecule has 0 aliphatic carbocycles. The summed E-state index contributed by atoms with van der Waals surface area (Å²) in [6.45, 7) is 3.79. The first-order chi connectivity index (χ1) is 10.3. The SMILES string of the molecule is Cc1cc(C)cc(NS(=O)(=O)c2ccc3oc(=O)[nH]c3c2)c1. The Morgan fingerprint density at radius 2 is 1.73 bits per heavy atom. The van der Waals surface area contributed by atoms with Crippen molar-refractivity contribution in [2.75, 3.05) is 4.72 Å². The van der Waals surface area contributed by atoms with Crippen LogP contribution in [0.15, 0.2) is 50.5 Å². The molecule has 0 aliphatic rings. The second-order valence-corrected chi connectivity index (χ2v) is 6.84. The van der Waals surface area contributed by atoms with Gasteiger partial charge in [0.25, 0.3) is 10.0 Å². The first-order valence-electron chi connectivity index (χ1n) is 6.57. The average Bonchev–Trinajstić information content (AvgIpc) is 2.75. The molecule has 3 rings (SSSR count). The van der Waals surface area contributed by atoms with Crippen LogP contribution < -0.4 is 10.5 Å². The number of nitrogens with one attached hydrogen (secondary N) is 2. The van der Waals surface area contributed by atoms with E-state index in [0.29, 0.717) is 16.8 Å². The maximum atomic E-state index is 12.4. The van der Waals surface area contributed by atoms with Crippen molar-refractivity contribution in [3.63, 3.8) is 0 Å². The Morgan fingerprint density at radius 1 is 1.05 bits per heavy atom. The van der Waals surface area contributed by atoms with Crippen LogP contribution in [0.5, 0.6) is 0 Å². The summed E-state index contributed by atoms with van der Waals surface area (Å²) in [5, 5.41) is 0. The highest BCUT2D eigenvalue weighted by molar-refractivity contribution is 7.92. The topological polar surface area (TPSA) is 92.2 Å². The van der Waals surface area contributed by atoms with E-state index in [4.69, 9.17) is 4.42 Å². The summed E-state index contributed by atoms with van der Waals surface area (Å²) in [4.78, 5) is 13.6. The highest BCUT2D eigenvalue weighted by atomic mass is 32.2. The third kappa shape index (κ3) is 2.75. The number of H-pyrrole nitrogens is 1. The summed E-state index contributed by atoms with van der Waals surface area (Å²) in [5.41, 5.74) is 3.08. The monoisotopic (exact) mass is 318 g/mol. The Kier molecular flexibility index (Phi) is 3.29. The van der Waals surface area contributed by atoms with Crippen molar-refractivity contribution >= 4 is 26.8 Å². The van der Waals surface area contributed by atoms with Gasteiger partial charge in [-0.2, -0.15) is 0 Å². The van der Waals surface area contributed by atoms with Gasteiger partial charge in [-0.1, -0.05) is 6.07 Å². The van der Waals surface area contributed by atoms with Gasteiger partial charge in [0.15, 0.2) is 5.58 Å². The Bertz CT molecular complexity index is 995. The summed E-state index contributed by atoms with van der Waals surface area (Å²) in [6, 6.07) is 9.67. The third-order valence-electron chi connectivity index (χ3n) is 3.17. The van der Waals surface area contributed by atoms with Gasteiger partial charge in [-0.15, -0.1) is 0 Å². The van der Waals surface area contributed by atoms with Gasteiger partial charge in [0.05, 0.1) is 10.4 Å². The maximum absolute atomic E-state index is 12.4. The fourth-order valence-corrected chi connectivity index (χ4v) is 3.41. The van der Waals surface area contributed by atoms with Gasteiger partial charge in [-0.25, -0.2) is 13.2 Å². The number of rotatable bonds is 3. The Morgan fingerprint density at radius 3 is 2.41 bits per heavy atom. The third-order valence-corrected chi connectivity index (χ3v) is 4.55. The zero-order chi connectivity index (χ0) is 15.9. The van der Waals surface area contributed by atoms with Gasteiger partial charge >= 0.3 is 5.76 Å². The van der Waals surface area contributed by atoms with Crippen LogP contribution in [0.25, 0.3) is 11.1 Å². The fraction of sp³-hybridized carbons (Fsp3) is 0.133. The van der Waals surface area contributed by atoms with E-state index < -0.39 is 15.8 Å². The number of oxazole rings is 1. The molecule has 3 aromatic rings. The normalized spacial score (nSPS) is 11.7. The molecule has 0 aliphatic heterocycles. The summed E-state index contributed by atoms with van der Waals surface area (Å²) in [6.07, 6.45) is 0. The van der Waals surface area contributed by atoms with Crippen LogP contribution in [0.2, 0.25) is 0 Å². The molecule has 0 radical (unpaired) electrons. The largest absolute Gasteiger partial charge is 0.417 e. The van der Waals surface area contributed by atoms with E-state index in [9.17, 15) is 13.2 Å². The molecule has 114 valence electrons. The van der Waals surface area contributed by atoms with Gasteiger partial charge in [-0.05, 0) is 55.3 Å². The lowest BCUT2D eigenvalue weighted by Gasteiger charge is -2.09. The molecule has 2 aromatic carbocycles. The molecular weight excluding hydrogens is 304 g/mol. The van der Waals surface area contributed by atoms with Crippen molar-refractivity contribution < 1.29 is 12.8 Å². The standard InChI is InChI=1S/C15H14N2O4S/c1-9-5-10(2)7-11(6-9)17-22(19,20)12-3-4-14-13(8-12)16-15(18)21-14/h3-8,17H,1-2H3,(H,16,18). The van der Waals surface area contributed by atoms with Crippen LogP contribution in [-0.2, 0) is 10.0 Å². The predicted octanol–water partition coefficient (Wildman–Crippen LogP) is 2.54. The van der Waals surface area contributed by atoms with Crippen molar-refractivity contribution in [3.05, 3.63) is 58.1 Å². The van der Waals surface area contributed by atoms with E-state index in [-0.39, 0.29) is 4.90 Å². The molecule has 0 saturated heterocycles. The number of sulfonamides is 1. The molecule has 1 aromatic heterocycles. The molecule has 2 N–H and O–H groups in total. The second-order valence-electron chi connectivity index (χ2n) is 5.15. The van der Waals surface area contributed by atoms with Crippen LogP contribution in [0.3, 0.4) is 0 Å². The lowest BCUT2D eigenvalue weighted by atomic mass is 10.1. The Labute approximate surface area is 126 Å². The van der Waals surface area contributed by atoms with Crippen molar-refractivity contribution in [2.45, 2.75) is 18.7 Å². The van der Waals surface area contributed by atoms with Crippen molar-refractivity contribution in [1.29, 1.82) is 0 Å². The number of fused-ring (bicyclic) bond motifs is 1. The molecular formula is C15H14N2O4S. The number of hydrogen-bond acceptors (Lipinski definition) is 4. The number of aromatic amines is 1. The molecule has 6 nitrogen and oxygen atoms in total. The van der Waals surface area contributed by atoms with Gasteiger partial charge in [-0.3, -0.25) is 9.71 Å². The van der Waals surface area contributed by atoms with E-state index in [0.717, 1.165) is 11.1 Å². The maximum Gasteiger partial charge on any atom is 0.417 e. The van der Waals surface area contributed by atoms with Crippen molar-refractivity contribution in [2.24, 2.45) is 0 Å². The first-order valence-corrected chi connectivity index (χ1v) is 8.06. The van der Waals surface area contributed by atoms with E-state index >= 15 is 0 Å². The van der Waals surface area contributed by atoms with Crippen molar-refractivity contribution in [3.8, 4) is 0 Å². The minimum absolute atomic E-state index is 0.0520. The van der Waals surface area contributed by atoms with Gasteiger partial charge < -0.3 is 4.42 Å². The fourth-order valence-electron chi connectivity index (χ4n) is 2.35. The minimum Gasteiger partial charge on any atom is -0.408 e. The van der Waals surface area contributed by atoms with E-state index in [1.165, 1.54) is 18.2 Å². The van der Waals surface area contributed by atoms with E-state index in [2.05, 4.69) is 9.71 Å². The lowest BCUT2D eigenvalue weighted by Crippen LogP contribution is -2.13. The molecule has 0 saturated carbocycles. The number of aromatic nitrogens is 1. The lowest BCUT2D eigenvalue weighted by molar-refractivity contribution is 0.555. The first kappa shape index (κ1) is 14.4. The Balaban J connectivity index is 2.01. The zero-order valence-electron chi connectivity index (χ0n) is 12.0. The van der Waals surface area contributed by atoms with E-state index in [1.807, 2.05) is 19.9 Å². The summed E-state index contributed by atoms with van der Waals surface area (Å²) < 4.78 is 32.3. The number of benzene rings is 2. The summed E-state index contributed by atoms with van der Waals surface area (Å²) >= 11 is 0. The average molecular weight is 318 g/mol. The van der Waals surface area contributed by atoms with E-state index in [1.54, 1.807) is 12.1 Å². The smallest absolute Gasteiger partial charge is 0.408 e. The zero-order valence-corrected chi connectivity index (χ0v) is 12.8. The highest BCUT2D eigenvalue weighted by Crippen LogP contribution is 2.21. The minimum atomic E-state index is -3.74. The molecule has 0 amide bonds. The molecule has 1 heterocycles. The number of hydrogen-bond donors (Lipinski definition) is 2. The van der Waals surface area contributed by atoms with Gasteiger partial charge in [0, 0.05) is 5.69 Å². The van der Waals surface area contributed by atoms with Crippen molar-refractivity contribution in [1.82, 2.24) is 4.98 Å². The molecule has 0 fully saturated rings. The van der Waals surface area contributed by atoms with Crippen LogP contribution in [0.1, 0.15) is 11.1 Å². The number of anilines is 1. The molecule has 0 atom stereocenters. The number of aryl methyl sites for hydroxylation is 2. The molecule has 0 unspecified atom stereocenters. The molecule has 7 heteroatoms. The predicted molar refractivity (Wildman–Crippen MR) is 83.6 cm³/mol. The quantitative estimate of drug-likeness (QED) is 0.776. The van der Waals surface area contributed by atoms with Crippen LogP contribution in [0.4, 0.5) is 5.69 Å². The van der Waals surface area contributed by atoms with Gasteiger partial charge in [0.1, 0.15) is 0 Å². The second kappa shape index (κ2) is 5.03. The summed E-state index contributed by atoms with van der Waals surface area (Å²) in [7, 11) is -3.74. The van der Waals surface area contributed by atoms with Crippen LogP contribution >= 0.6 is 0 Å². The molecule has 0 spiro atoms.